The number of amides is 2. The zero-order valence-electron chi connectivity index (χ0n) is 24.8. The van der Waals surface area contributed by atoms with Crippen LogP contribution < -0.4 is 9.62 Å². The standard InChI is InChI=1S/C34H35Br2N3O4S/c1-24(2)37-34(41)32(21-26-8-5-4-6-9-26)38(22-27-10-7-11-29(36)20-27)33(40)23-39(30-16-14-28(35)15-17-30)44(42,43)31-18-12-25(3)13-19-31/h4-20,24,32H,21-23H2,1-3H3,(H,37,41)/t32-/m1/s1. The van der Waals surface area contributed by atoms with E-state index in [1.165, 1.54) is 17.0 Å². The van der Waals surface area contributed by atoms with Gasteiger partial charge in [-0.25, -0.2) is 8.42 Å². The van der Waals surface area contributed by atoms with Gasteiger partial charge in [0.25, 0.3) is 10.0 Å². The summed E-state index contributed by atoms with van der Waals surface area (Å²) >= 11 is 6.91. The summed E-state index contributed by atoms with van der Waals surface area (Å²) in [7, 11) is -4.15. The molecular weight excluding hydrogens is 706 g/mol. The molecule has 2 amide bonds. The molecule has 0 fully saturated rings. The number of sulfonamides is 1. The van der Waals surface area contributed by atoms with Gasteiger partial charge in [0.05, 0.1) is 10.6 Å². The molecule has 4 aromatic rings. The van der Waals surface area contributed by atoms with Crippen molar-refractivity contribution in [2.45, 2.75) is 50.7 Å². The van der Waals surface area contributed by atoms with Crippen LogP contribution >= 0.6 is 31.9 Å². The van der Waals surface area contributed by atoms with Gasteiger partial charge in [0.1, 0.15) is 12.6 Å². The van der Waals surface area contributed by atoms with Crippen molar-refractivity contribution in [3.8, 4) is 0 Å². The minimum Gasteiger partial charge on any atom is -0.352 e. The van der Waals surface area contributed by atoms with Gasteiger partial charge in [0.15, 0.2) is 0 Å². The second-order valence-corrected chi connectivity index (χ2v) is 14.5. The van der Waals surface area contributed by atoms with Gasteiger partial charge in [-0.2, -0.15) is 0 Å². The normalized spacial score (nSPS) is 12.0. The molecule has 0 heterocycles. The van der Waals surface area contributed by atoms with E-state index in [0.29, 0.717) is 5.69 Å². The summed E-state index contributed by atoms with van der Waals surface area (Å²) in [5, 5.41) is 2.97. The number of anilines is 1. The van der Waals surface area contributed by atoms with E-state index in [1.54, 1.807) is 36.4 Å². The van der Waals surface area contributed by atoms with E-state index >= 15 is 0 Å². The van der Waals surface area contributed by atoms with E-state index in [1.807, 2.05) is 75.4 Å². The van der Waals surface area contributed by atoms with Gasteiger partial charge in [-0.1, -0.05) is 92.0 Å². The van der Waals surface area contributed by atoms with Crippen molar-refractivity contribution in [1.82, 2.24) is 10.2 Å². The highest BCUT2D eigenvalue weighted by Gasteiger charge is 2.34. The lowest BCUT2D eigenvalue weighted by Gasteiger charge is -2.34. The second kappa shape index (κ2) is 15.0. The van der Waals surface area contributed by atoms with Gasteiger partial charge < -0.3 is 10.2 Å². The molecule has 0 radical (unpaired) electrons. The van der Waals surface area contributed by atoms with Gasteiger partial charge in [-0.3, -0.25) is 13.9 Å². The molecule has 7 nitrogen and oxygen atoms in total. The molecule has 4 aromatic carbocycles. The molecule has 230 valence electrons. The molecule has 4 rings (SSSR count). The van der Waals surface area contributed by atoms with Crippen molar-refractivity contribution in [3.63, 3.8) is 0 Å². The fraction of sp³-hybridized carbons (Fsp3) is 0.235. The average molecular weight is 742 g/mol. The Hall–Kier alpha value is -3.47. The maximum absolute atomic E-state index is 14.5. The first-order valence-electron chi connectivity index (χ1n) is 14.2. The van der Waals surface area contributed by atoms with E-state index in [-0.39, 0.29) is 29.8 Å². The van der Waals surface area contributed by atoms with Gasteiger partial charge >= 0.3 is 0 Å². The number of benzene rings is 4. The van der Waals surface area contributed by atoms with Gasteiger partial charge in [0.2, 0.25) is 11.8 Å². The first kappa shape index (κ1) is 33.4. The Balaban J connectivity index is 1.80. The fourth-order valence-electron chi connectivity index (χ4n) is 4.74. The first-order valence-corrected chi connectivity index (χ1v) is 17.2. The lowest BCUT2D eigenvalue weighted by molar-refractivity contribution is -0.140. The number of nitrogens with zero attached hydrogens (tertiary/aromatic N) is 2. The number of aryl methyl sites for hydroxylation is 1. The summed E-state index contributed by atoms with van der Waals surface area (Å²) in [6, 6.07) is 29.2. The molecule has 0 saturated heterocycles. The topological polar surface area (TPSA) is 86.8 Å². The molecule has 10 heteroatoms. The molecule has 0 aliphatic heterocycles. The van der Waals surface area contributed by atoms with E-state index < -0.39 is 28.5 Å². The SMILES string of the molecule is Cc1ccc(S(=O)(=O)N(CC(=O)N(Cc2cccc(Br)c2)[C@H](Cc2ccccc2)C(=O)NC(C)C)c2ccc(Br)cc2)cc1. The fourth-order valence-corrected chi connectivity index (χ4v) is 6.87. The van der Waals surface area contributed by atoms with Crippen LogP contribution in [-0.2, 0) is 32.6 Å². The van der Waals surface area contributed by atoms with Crippen LogP contribution in [0.3, 0.4) is 0 Å². The Kier molecular flexibility index (Phi) is 11.4. The van der Waals surface area contributed by atoms with Crippen LogP contribution in [0.4, 0.5) is 5.69 Å². The third-order valence-corrected chi connectivity index (χ3v) is 9.76. The molecule has 0 aliphatic carbocycles. The van der Waals surface area contributed by atoms with Crippen molar-refractivity contribution in [2.75, 3.05) is 10.8 Å². The zero-order valence-corrected chi connectivity index (χ0v) is 28.8. The summed E-state index contributed by atoms with van der Waals surface area (Å²) < 4.78 is 30.9. The molecule has 1 N–H and O–H groups in total. The summed E-state index contributed by atoms with van der Waals surface area (Å²) in [6.45, 7) is 5.19. The monoisotopic (exact) mass is 739 g/mol. The minimum absolute atomic E-state index is 0.0655. The maximum Gasteiger partial charge on any atom is 0.264 e. The number of hydrogen-bond acceptors (Lipinski definition) is 4. The minimum atomic E-state index is -4.15. The summed E-state index contributed by atoms with van der Waals surface area (Å²) in [6.07, 6.45) is 0.252. The Labute approximate surface area is 276 Å². The Morgan fingerprint density at radius 3 is 2.05 bits per heavy atom. The van der Waals surface area contributed by atoms with Crippen LogP contribution in [0.1, 0.15) is 30.5 Å². The number of carbonyl (C=O) groups is 2. The molecule has 1 atom stereocenters. The van der Waals surface area contributed by atoms with Crippen molar-refractivity contribution in [2.24, 2.45) is 0 Å². The van der Waals surface area contributed by atoms with Crippen LogP contribution in [0, 0.1) is 6.92 Å². The highest BCUT2D eigenvalue weighted by Crippen LogP contribution is 2.27. The Bertz CT molecular complexity index is 1680. The Morgan fingerprint density at radius 2 is 1.43 bits per heavy atom. The summed E-state index contributed by atoms with van der Waals surface area (Å²) in [5.74, 6) is -0.827. The molecular formula is C34H35Br2N3O4S. The van der Waals surface area contributed by atoms with Crippen LogP contribution in [0.25, 0.3) is 0 Å². The van der Waals surface area contributed by atoms with Crippen molar-refractivity contribution < 1.29 is 18.0 Å². The predicted molar refractivity (Wildman–Crippen MR) is 182 cm³/mol. The van der Waals surface area contributed by atoms with E-state index in [0.717, 1.165) is 29.9 Å². The lowest BCUT2D eigenvalue weighted by atomic mass is 10.0. The van der Waals surface area contributed by atoms with Gasteiger partial charge in [-0.15, -0.1) is 0 Å². The molecule has 0 spiro atoms. The third kappa shape index (κ3) is 8.80. The number of carbonyl (C=O) groups excluding carboxylic acids is 2. The van der Waals surface area contributed by atoms with E-state index in [4.69, 9.17) is 0 Å². The molecule has 0 bridgehead atoms. The number of halogens is 2. The quantitative estimate of drug-likeness (QED) is 0.172. The van der Waals surface area contributed by atoms with Crippen LogP contribution in [-0.4, -0.2) is 43.8 Å². The Morgan fingerprint density at radius 1 is 0.795 bits per heavy atom. The lowest BCUT2D eigenvalue weighted by Crippen LogP contribution is -2.54. The maximum atomic E-state index is 14.5. The molecule has 0 aromatic heterocycles. The highest BCUT2D eigenvalue weighted by molar-refractivity contribution is 9.10. The van der Waals surface area contributed by atoms with E-state index in [2.05, 4.69) is 37.2 Å². The van der Waals surface area contributed by atoms with Crippen LogP contribution in [0.5, 0.6) is 0 Å². The van der Waals surface area contributed by atoms with Crippen molar-refractivity contribution >= 4 is 59.4 Å². The van der Waals surface area contributed by atoms with Crippen LogP contribution in [0.15, 0.2) is 117 Å². The van der Waals surface area contributed by atoms with Gasteiger partial charge in [0, 0.05) is 28.0 Å². The average Bonchev–Trinajstić information content (AvgIpc) is 2.98. The summed E-state index contributed by atoms with van der Waals surface area (Å²) in [5.41, 5.74) is 2.91. The van der Waals surface area contributed by atoms with Crippen molar-refractivity contribution in [1.29, 1.82) is 0 Å². The summed E-state index contributed by atoms with van der Waals surface area (Å²) in [4.78, 5) is 29.8. The first-order chi connectivity index (χ1) is 20.9. The molecule has 0 saturated carbocycles. The second-order valence-electron chi connectivity index (χ2n) is 10.8. The number of nitrogens with one attached hydrogen (secondary N) is 1. The van der Waals surface area contributed by atoms with E-state index in [9.17, 15) is 18.0 Å². The number of rotatable bonds is 12. The largest absolute Gasteiger partial charge is 0.352 e. The smallest absolute Gasteiger partial charge is 0.264 e. The highest BCUT2D eigenvalue weighted by atomic mass is 79.9. The molecule has 44 heavy (non-hydrogen) atoms. The van der Waals surface area contributed by atoms with Crippen LogP contribution in [0.2, 0.25) is 0 Å². The molecule has 0 unspecified atom stereocenters. The predicted octanol–water partition coefficient (Wildman–Crippen LogP) is 6.88. The van der Waals surface area contributed by atoms with Gasteiger partial charge in [-0.05, 0) is 80.4 Å². The zero-order chi connectivity index (χ0) is 31.9. The van der Waals surface area contributed by atoms with Crippen molar-refractivity contribution in [3.05, 3.63) is 129 Å². The third-order valence-electron chi connectivity index (χ3n) is 6.95. The molecule has 0 aliphatic rings. The number of hydrogen-bond donors (Lipinski definition) is 1.